The van der Waals surface area contributed by atoms with Crippen LogP contribution in [0.1, 0.15) is 33.1 Å². The van der Waals surface area contributed by atoms with E-state index in [2.05, 4.69) is 6.58 Å². The highest BCUT2D eigenvalue weighted by Crippen LogP contribution is 2.09. The molecule has 2 heteroatoms. The Morgan fingerprint density at radius 1 is 1.36 bits per heavy atom. The zero-order chi connectivity index (χ0) is 8.85. The van der Waals surface area contributed by atoms with Crippen LogP contribution >= 0.6 is 0 Å². The molecule has 0 saturated carbocycles. The van der Waals surface area contributed by atoms with Gasteiger partial charge in [-0.2, -0.15) is 0 Å². The smallest absolute Gasteiger partial charge is 0.0601 e. The van der Waals surface area contributed by atoms with Gasteiger partial charge in [-0.15, -0.1) is 6.58 Å². The molecule has 0 rings (SSSR count). The van der Waals surface area contributed by atoms with Crippen molar-refractivity contribution in [2.24, 2.45) is 0 Å². The SMILES string of the molecule is C=C(C)C[C@@H](O)C[C@H](O)CC. The summed E-state index contributed by atoms with van der Waals surface area (Å²) in [6, 6.07) is 0. The highest BCUT2D eigenvalue weighted by atomic mass is 16.3. The van der Waals surface area contributed by atoms with Crippen molar-refractivity contribution in [1.82, 2.24) is 0 Å². The van der Waals surface area contributed by atoms with E-state index in [0.717, 1.165) is 5.57 Å². The summed E-state index contributed by atoms with van der Waals surface area (Å²) >= 11 is 0. The second kappa shape index (κ2) is 5.33. The Labute approximate surface area is 68.6 Å². The first-order valence-corrected chi connectivity index (χ1v) is 4.06. The van der Waals surface area contributed by atoms with Crippen LogP contribution < -0.4 is 0 Å². The number of hydrogen-bond acceptors (Lipinski definition) is 2. The summed E-state index contributed by atoms with van der Waals surface area (Å²) in [5.74, 6) is 0. The van der Waals surface area contributed by atoms with E-state index in [1.807, 2.05) is 13.8 Å². The lowest BCUT2D eigenvalue weighted by molar-refractivity contribution is 0.0788. The van der Waals surface area contributed by atoms with Crippen molar-refractivity contribution < 1.29 is 10.2 Å². The molecule has 0 spiro atoms. The van der Waals surface area contributed by atoms with Gasteiger partial charge >= 0.3 is 0 Å². The summed E-state index contributed by atoms with van der Waals surface area (Å²) < 4.78 is 0. The number of aliphatic hydroxyl groups excluding tert-OH is 2. The summed E-state index contributed by atoms with van der Waals surface area (Å²) in [5, 5.41) is 18.5. The van der Waals surface area contributed by atoms with Crippen LogP contribution in [0.15, 0.2) is 12.2 Å². The molecule has 0 bridgehead atoms. The molecule has 0 unspecified atom stereocenters. The van der Waals surface area contributed by atoms with E-state index in [9.17, 15) is 5.11 Å². The Morgan fingerprint density at radius 3 is 2.27 bits per heavy atom. The van der Waals surface area contributed by atoms with Crippen LogP contribution in [0.2, 0.25) is 0 Å². The van der Waals surface area contributed by atoms with Crippen molar-refractivity contribution in [3.8, 4) is 0 Å². The predicted molar refractivity (Wildman–Crippen MR) is 46.4 cm³/mol. The molecule has 0 aromatic carbocycles. The largest absolute Gasteiger partial charge is 0.393 e. The standard InChI is InChI=1S/C9H18O2/c1-4-8(10)6-9(11)5-7(2)3/h8-11H,2,4-6H2,1,3H3/t8-,9-/m1/s1. The lowest BCUT2D eigenvalue weighted by atomic mass is 10.0. The monoisotopic (exact) mass is 158 g/mol. The van der Waals surface area contributed by atoms with Gasteiger partial charge in [-0.3, -0.25) is 0 Å². The van der Waals surface area contributed by atoms with Gasteiger partial charge in [0.25, 0.3) is 0 Å². The van der Waals surface area contributed by atoms with Gasteiger partial charge in [-0.05, 0) is 26.2 Å². The Morgan fingerprint density at radius 2 is 1.91 bits per heavy atom. The highest BCUT2D eigenvalue weighted by molar-refractivity contribution is 4.90. The average molecular weight is 158 g/mol. The van der Waals surface area contributed by atoms with Crippen LogP contribution in [0.25, 0.3) is 0 Å². The second-order valence-corrected chi connectivity index (χ2v) is 3.11. The Bertz CT molecular complexity index is 121. The van der Waals surface area contributed by atoms with Crippen LogP contribution in [-0.2, 0) is 0 Å². The lowest BCUT2D eigenvalue weighted by Crippen LogP contribution is -2.16. The maximum absolute atomic E-state index is 9.30. The van der Waals surface area contributed by atoms with Gasteiger partial charge in [0.2, 0.25) is 0 Å². The molecule has 66 valence electrons. The van der Waals surface area contributed by atoms with Gasteiger partial charge in [-0.25, -0.2) is 0 Å². The summed E-state index contributed by atoms with van der Waals surface area (Å²) in [5.41, 5.74) is 0.959. The Kier molecular flexibility index (Phi) is 5.16. The normalized spacial score (nSPS) is 16.0. The first-order valence-electron chi connectivity index (χ1n) is 4.06. The van der Waals surface area contributed by atoms with E-state index in [1.54, 1.807) is 0 Å². The minimum Gasteiger partial charge on any atom is -0.393 e. The predicted octanol–water partition coefficient (Wildman–Crippen LogP) is 1.47. The molecule has 0 heterocycles. The number of hydrogen-bond donors (Lipinski definition) is 2. The van der Waals surface area contributed by atoms with E-state index < -0.39 is 6.10 Å². The fourth-order valence-corrected chi connectivity index (χ4v) is 0.966. The van der Waals surface area contributed by atoms with E-state index >= 15 is 0 Å². The first-order chi connectivity index (χ1) is 5.06. The second-order valence-electron chi connectivity index (χ2n) is 3.11. The van der Waals surface area contributed by atoms with Gasteiger partial charge in [0.05, 0.1) is 12.2 Å². The molecule has 2 N–H and O–H groups in total. The van der Waals surface area contributed by atoms with Crippen LogP contribution in [0, 0.1) is 0 Å². The fraction of sp³-hybridized carbons (Fsp3) is 0.778. The summed E-state index contributed by atoms with van der Waals surface area (Å²) in [6.07, 6.45) is 0.958. The molecule has 0 aromatic heterocycles. The Hall–Kier alpha value is -0.340. The lowest BCUT2D eigenvalue weighted by Gasteiger charge is -2.13. The van der Waals surface area contributed by atoms with Gasteiger partial charge < -0.3 is 10.2 Å². The maximum Gasteiger partial charge on any atom is 0.0601 e. The third-order valence-corrected chi connectivity index (χ3v) is 1.60. The summed E-state index contributed by atoms with van der Waals surface area (Å²) in [6.45, 7) is 7.46. The maximum atomic E-state index is 9.30. The molecule has 0 aliphatic heterocycles. The molecule has 0 aliphatic carbocycles. The molecule has 0 radical (unpaired) electrons. The minimum absolute atomic E-state index is 0.371. The first kappa shape index (κ1) is 10.7. The van der Waals surface area contributed by atoms with Gasteiger partial charge in [0, 0.05) is 0 Å². The van der Waals surface area contributed by atoms with Crippen LogP contribution in [0.4, 0.5) is 0 Å². The topological polar surface area (TPSA) is 40.5 Å². The average Bonchev–Trinajstić information content (AvgIpc) is 1.85. The van der Waals surface area contributed by atoms with Crippen LogP contribution in [-0.4, -0.2) is 22.4 Å². The van der Waals surface area contributed by atoms with E-state index in [1.165, 1.54) is 0 Å². The molecule has 0 aliphatic rings. The van der Waals surface area contributed by atoms with Crippen molar-refractivity contribution in [1.29, 1.82) is 0 Å². The molecule has 2 atom stereocenters. The molecule has 0 fully saturated rings. The quantitative estimate of drug-likeness (QED) is 0.595. The van der Waals surface area contributed by atoms with Crippen molar-refractivity contribution in [3.63, 3.8) is 0 Å². The van der Waals surface area contributed by atoms with Crippen molar-refractivity contribution in [2.45, 2.75) is 45.3 Å². The third-order valence-electron chi connectivity index (χ3n) is 1.60. The Balaban J connectivity index is 3.51. The van der Waals surface area contributed by atoms with Crippen molar-refractivity contribution >= 4 is 0 Å². The van der Waals surface area contributed by atoms with E-state index in [-0.39, 0.29) is 6.10 Å². The van der Waals surface area contributed by atoms with Crippen molar-refractivity contribution in [3.05, 3.63) is 12.2 Å². The summed E-state index contributed by atoms with van der Waals surface area (Å²) in [7, 11) is 0. The number of aliphatic hydroxyl groups is 2. The van der Waals surface area contributed by atoms with Gasteiger partial charge in [0.1, 0.15) is 0 Å². The van der Waals surface area contributed by atoms with E-state index in [4.69, 9.17) is 5.11 Å². The fourth-order valence-electron chi connectivity index (χ4n) is 0.966. The molecule has 0 aromatic rings. The van der Waals surface area contributed by atoms with Gasteiger partial charge in [-0.1, -0.05) is 12.5 Å². The highest BCUT2D eigenvalue weighted by Gasteiger charge is 2.09. The minimum atomic E-state index is -0.428. The number of rotatable bonds is 5. The zero-order valence-corrected chi connectivity index (χ0v) is 7.38. The molecule has 0 saturated heterocycles. The van der Waals surface area contributed by atoms with E-state index in [0.29, 0.717) is 19.3 Å². The third kappa shape index (κ3) is 6.07. The summed E-state index contributed by atoms with van der Waals surface area (Å²) in [4.78, 5) is 0. The molecular weight excluding hydrogens is 140 g/mol. The van der Waals surface area contributed by atoms with Crippen LogP contribution in [0.5, 0.6) is 0 Å². The molecule has 2 nitrogen and oxygen atoms in total. The zero-order valence-electron chi connectivity index (χ0n) is 7.38. The van der Waals surface area contributed by atoms with Crippen LogP contribution in [0.3, 0.4) is 0 Å². The molecule has 0 amide bonds. The van der Waals surface area contributed by atoms with Gasteiger partial charge in [0.15, 0.2) is 0 Å². The molecule has 11 heavy (non-hydrogen) atoms. The molecular formula is C9H18O2. The van der Waals surface area contributed by atoms with Crippen molar-refractivity contribution in [2.75, 3.05) is 0 Å².